The van der Waals surface area contributed by atoms with Crippen molar-refractivity contribution in [1.82, 2.24) is 0 Å². The Balaban J connectivity index is -0.000000172. The van der Waals surface area contributed by atoms with E-state index in [0.29, 0.717) is 0 Å². The van der Waals surface area contributed by atoms with E-state index < -0.39 is 0 Å². The number of carbonyl (C=O) groups excluding carboxylic acids is 3. The average Bonchev–Trinajstić information content (AvgIpc) is 2.02. The molecule has 0 heterocycles. The van der Waals surface area contributed by atoms with Gasteiger partial charge in [-0.3, -0.25) is 9.59 Å². The van der Waals surface area contributed by atoms with Crippen LogP contribution in [0.3, 0.4) is 0 Å². The van der Waals surface area contributed by atoms with Crippen LogP contribution in [-0.2, 0) is 14.4 Å². The number of carbonyl (C=O) groups is 3. The van der Waals surface area contributed by atoms with Gasteiger partial charge in [0.2, 0.25) is 0 Å². The van der Waals surface area contributed by atoms with E-state index >= 15 is 0 Å². The molecule has 3 nitrogen and oxygen atoms in total. The van der Waals surface area contributed by atoms with Gasteiger partial charge in [-0.05, 0) is 27.2 Å². The third kappa shape index (κ3) is 50.7. The Kier molecular flexibility index (Phi) is 21.6. The van der Waals surface area contributed by atoms with Crippen molar-refractivity contribution in [1.29, 1.82) is 0 Å². The third-order valence-corrected chi connectivity index (χ3v) is 1.10. The molecule has 0 saturated carbocycles. The molecule has 0 rings (SSSR count). The van der Waals surface area contributed by atoms with Crippen LogP contribution in [0.1, 0.15) is 53.9 Å². The maximum Gasteiger partial charge on any atom is 0.137 e. The molecule has 0 aromatic rings. The van der Waals surface area contributed by atoms with Crippen molar-refractivity contribution in [2.75, 3.05) is 5.88 Å². The molecule has 4 heteroatoms. The van der Waals surface area contributed by atoms with Crippen LogP contribution in [0.15, 0.2) is 0 Å². The Hall–Kier alpha value is -0.700. The number of rotatable bonds is 4. The minimum atomic E-state index is -0.0625. The van der Waals surface area contributed by atoms with Gasteiger partial charge in [0.1, 0.15) is 17.3 Å². The van der Waals surface area contributed by atoms with E-state index in [-0.39, 0.29) is 23.8 Å². The van der Waals surface area contributed by atoms with Gasteiger partial charge < -0.3 is 4.79 Å². The summed E-state index contributed by atoms with van der Waals surface area (Å²) < 4.78 is 0. The second-order valence-electron chi connectivity index (χ2n) is 3.30. The molecule has 0 aromatic carbocycles. The Morgan fingerprint density at radius 2 is 1.19 bits per heavy atom. The molecule has 96 valence electrons. The van der Waals surface area contributed by atoms with Gasteiger partial charge in [0.25, 0.3) is 0 Å². The summed E-state index contributed by atoms with van der Waals surface area (Å²) in [5, 5.41) is 0. The number of Topliss-reactive ketones (excluding diaryl/α,β-unsaturated/α-hetero) is 3. The van der Waals surface area contributed by atoms with Crippen molar-refractivity contribution in [2.24, 2.45) is 0 Å². The summed E-state index contributed by atoms with van der Waals surface area (Å²) in [5.41, 5.74) is 0. The van der Waals surface area contributed by atoms with Crippen molar-refractivity contribution in [2.45, 2.75) is 53.9 Å². The Bertz CT molecular complexity index is 188. The second-order valence-corrected chi connectivity index (χ2v) is 3.83. The average molecular weight is 251 g/mol. The molecule has 0 radical (unpaired) electrons. The molecule has 0 N–H and O–H groups in total. The normalized spacial score (nSPS) is 7.88. The lowest BCUT2D eigenvalue weighted by Crippen LogP contribution is -1.97. The number of hydrogen-bond acceptors (Lipinski definition) is 3. The fraction of sp³-hybridized carbons (Fsp3) is 0.750. The zero-order valence-electron chi connectivity index (χ0n) is 10.9. The lowest BCUT2D eigenvalue weighted by Gasteiger charge is -1.81. The van der Waals surface area contributed by atoms with Gasteiger partial charge in [0, 0.05) is 12.3 Å². The second kappa shape index (κ2) is 16.7. The molecule has 0 aliphatic heterocycles. The summed E-state index contributed by atoms with van der Waals surface area (Å²) in [6.07, 6.45) is 1.80. The molecular formula is C12H23ClO3. The summed E-state index contributed by atoms with van der Waals surface area (Å²) >= 11 is 5.00. The van der Waals surface area contributed by atoms with Gasteiger partial charge in [0.05, 0.1) is 6.42 Å². The molecule has 0 unspecified atom stereocenters. The van der Waals surface area contributed by atoms with Gasteiger partial charge in [-0.2, -0.15) is 0 Å². The molecule has 0 fully saturated rings. The van der Waals surface area contributed by atoms with Crippen molar-refractivity contribution >= 4 is 29.0 Å². The van der Waals surface area contributed by atoms with E-state index in [1.807, 2.05) is 13.8 Å². The topological polar surface area (TPSA) is 51.2 Å². The molecule has 0 atom stereocenters. The molecule has 0 aliphatic rings. The highest BCUT2D eigenvalue weighted by molar-refractivity contribution is 6.17. The van der Waals surface area contributed by atoms with Gasteiger partial charge in [-0.15, -0.1) is 11.6 Å². The van der Waals surface area contributed by atoms with Gasteiger partial charge >= 0.3 is 0 Å². The SMILES string of the molecule is CC(=O)CC(C)=O.CCCC(C)=O.CCCl. The first-order valence-electron chi connectivity index (χ1n) is 5.35. The Labute approximate surface area is 104 Å². The highest BCUT2D eigenvalue weighted by Gasteiger charge is 1.94. The Morgan fingerprint density at radius 1 is 0.875 bits per heavy atom. The van der Waals surface area contributed by atoms with E-state index in [9.17, 15) is 14.4 Å². The van der Waals surface area contributed by atoms with Crippen LogP contribution >= 0.6 is 11.6 Å². The zero-order valence-corrected chi connectivity index (χ0v) is 11.7. The number of hydrogen-bond donors (Lipinski definition) is 0. The van der Waals surface area contributed by atoms with Crippen molar-refractivity contribution in [3.63, 3.8) is 0 Å². The zero-order chi connectivity index (χ0) is 13.6. The molecule has 0 amide bonds. The van der Waals surface area contributed by atoms with E-state index in [0.717, 1.165) is 18.7 Å². The van der Waals surface area contributed by atoms with Crippen LogP contribution in [-0.4, -0.2) is 23.2 Å². The molecule has 0 saturated heterocycles. The van der Waals surface area contributed by atoms with Gasteiger partial charge in [-0.25, -0.2) is 0 Å². The molecule has 0 aromatic heterocycles. The van der Waals surface area contributed by atoms with Crippen LogP contribution < -0.4 is 0 Å². The lowest BCUT2D eigenvalue weighted by atomic mass is 10.2. The van der Waals surface area contributed by atoms with Crippen molar-refractivity contribution in [3.8, 4) is 0 Å². The maximum absolute atomic E-state index is 10.0. The molecule has 16 heavy (non-hydrogen) atoms. The van der Waals surface area contributed by atoms with E-state index in [1.165, 1.54) is 13.8 Å². The minimum absolute atomic E-state index is 0.0625. The van der Waals surface area contributed by atoms with Crippen LogP contribution in [0.5, 0.6) is 0 Å². The van der Waals surface area contributed by atoms with E-state index in [1.54, 1.807) is 6.92 Å². The van der Waals surface area contributed by atoms with Gasteiger partial charge in [0.15, 0.2) is 0 Å². The lowest BCUT2D eigenvalue weighted by molar-refractivity contribution is -0.124. The first-order chi connectivity index (χ1) is 7.31. The van der Waals surface area contributed by atoms with E-state index in [4.69, 9.17) is 11.6 Å². The summed E-state index contributed by atoms with van der Waals surface area (Å²) in [7, 11) is 0. The molecule has 0 spiro atoms. The van der Waals surface area contributed by atoms with Crippen LogP contribution in [0.4, 0.5) is 0 Å². The van der Waals surface area contributed by atoms with E-state index in [2.05, 4.69) is 0 Å². The number of ketones is 3. The van der Waals surface area contributed by atoms with Crippen LogP contribution in [0, 0.1) is 0 Å². The fourth-order valence-corrected chi connectivity index (χ4v) is 0.703. The predicted octanol–water partition coefficient (Wildman–Crippen LogP) is 3.18. The third-order valence-electron chi connectivity index (χ3n) is 1.10. The van der Waals surface area contributed by atoms with Crippen molar-refractivity contribution < 1.29 is 14.4 Å². The molecule has 0 aliphatic carbocycles. The maximum atomic E-state index is 10.0. The quantitative estimate of drug-likeness (QED) is 0.569. The Morgan fingerprint density at radius 3 is 1.19 bits per heavy atom. The predicted molar refractivity (Wildman–Crippen MR) is 68.0 cm³/mol. The van der Waals surface area contributed by atoms with Crippen LogP contribution in [0.2, 0.25) is 0 Å². The highest BCUT2D eigenvalue weighted by Crippen LogP contribution is 1.84. The largest absolute Gasteiger partial charge is 0.300 e. The first-order valence-corrected chi connectivity index (χ1v) is 5.89. The standard InChI is InChI=1S/C5H8O2.C5H10O.C2H5Cl/c1-4(6)3-5(2)7;1-3-4-5(2)6;1-2-3/h3H2,1-2H3;3-4H2,1-2H3;2H2,1H3. The smallest absolute Gasteiger partial charge is 0.137 e. The monoisotopic (exact) mass is 250 g/mol. The molecule has 0 bridgehead atoms. The summed E-state index contributed by atoms with van der Waals surface area (Å²) in [5.74, 6) is 0.887. The summed E-state index contributed by atoms with van der Waals surface area (Å²) in [6, 6.07) is 0. The fourth-order valence-electron chi connectivity index (χ4n) is 0.703. The highest BCUT2D eigenvalue weighted by atomic mass is 35.5. The first kappa shape index (κ1) is 20.7. The molecular weight excluding hydrogens is 228 g/mol. The minimum Gasteiger partial charge on any atom is -0.300 e. The number of halogens is 1. The van der Waals surface area contributed by atoms with Crippen molar-refractivity contribution in [3.05, 3.63) is 0 Å². The summed E-state index contributed by atoms with van der Waals surface area (Å²) in [4.78, 5) is 30.1. The summed E-state index contributed by atoms with van der Waals surface area (Å²) in [6.45, 7) is 8.31. The van der Waals surface area contributed by atoms with Crippen LogP contribution in [0.25, 0.3) is 0 Å². The van der Waals surface area contributed by atoms with Gasteiger partial charge in [-0.1, -0.05) is 13.8 Å². The number of alkyl halides is 1.